The third kappa shape index (κ3) is 4.58. The Morgan fingerprint density at radius 1 is 0.347 bits per heavy atom. The fraction of sp³-hybridized carbons (Fsp3) is 0. The zero-order valence-corrected chi connectivity index (χ0v) is 28.1. The third-order valence-electron chi connectivity index (χ3n) is 9.69. The first-order valence-electron chi connectivity index (χ1n) is 16.6. The van der Waals surface area contributed by atoms with Gasteiger partial charge in [0.2, 0.25) is 0 Å². The van der Waals surface area contributed by atoms with Gasteiger partial charge >= 0.3 is 0 Å². The van der Waals surface area contributed by atoms with Gasteiger partial charge in [0, 0.05) is 62.5 Å². The lowest BCUT2D eigenvalue weighted by Crippen LogP contribution is -2.11. The maximum absolute atomic E-state index is 2.45. The van der Waals surface area contributed by atoms with E-state index in [1.165, 1.54) is 73.4 Å². The first kappa shape index (κ1) is 28.3. The zero-order valence-electron chi connectivity index (χ0n) is 26.5. The average Bonchev–Trinajstić information content (AvgIpc) is 3.74. The average molecular weight is 660 g/mol. The first-order chi connectivity index (χ1) is 24.3. The number of hydrogen-bond donors (Lipinski definition) is 0. The Balaban J connectivity index is 1.19. The number of rotatable bonds is 5. The van der Waals surface area contributed by atoms with Crippen LogP contribution in [0, 0.1) is 0 Å². The van der Waals surface area contributed by atoms with Crippen LogP contribution in [-0.2, 0) is 0 Å². The van der Waals surface area contributed by atoms with E-state index in [1.54, 1.807) is 0 Å². The van der Waals surface area contributed by atoms with Crippen LogP contribution in [0.3, 0.4) is 0 Å². The summed E-state index contributed by atoms with van der Waals surface area (Å²) < 4.78 is 5.29. The summed E-state index contributed by atoms with van der Waals surface area (Å²) in [5.74, 6) is 0. The molecule has 0 N–H and O–H groups in total. The maximum atomic E-state index is 2.45. The van der Waals surface area contributed by atoms with E-state index in [2.05, 4.69) is 181 Å². The number of hydrogen-bond acceptors (Lipinski definition) is 3. The Kier molecular flexibility index (Phi) is 6.61. The molecule has 1 nitrogen and oxygen atoms in total. The highest BCUT2D eigenvalue weighted by Gasteiger charge is 2.21. The maximum Gasteiger partial charge on any atom is 0.0540 e. The summed E-state index contributed by atoms with van der Waals surface area (Å²) >= 11 is 3.75. The van der Waals surface area contributed by atoms with Crippen molar-refractivity contribution in [2.45, 2.75) is 0 Å². The van der Waals surface area contributed by atoms with Gasteiger partial charge in [-0.3, -0.25) is 0 Å². The third-order valence-corrected chi connectivity index (χ3v) is 12.0. The minimum absolute atomic E-state index is 1.12. The van der Waals surface area contributed by atoms with E-state index >= 15 is 0 Å². The second kappa shape index (κ2) is 11.5. The van der Waals surface area contributed by atoms with E-state index < -0.39 is 0 Å². The number of para-hydroxylation sites is 1. The van der Waals surface area contributed by atoms with Crippen LogP contribution < -0.4 is 4.90 Å². The van der Waals surface area contributed by atoms with Gasteiger partial charge in [0.15, 0.2) is 0 Å². The van der Waals surface area contributed by atoms with Crippen LogP contribution in [0.5, 0.6) is 0 Å². The summed E-state index contributed by atoms with van der Waals surface area (Å²) in [6, 6.07) is 64.4. The fourth-order valence-electron chi connectivity index (χ4n) is 7.47. The van der Waals surface area contributed by atoms with Crippen LogP contribution in [0.2, 0.25) is 0 Å². The Labute approximate surface area is 292 Å². The lowest BCUT2D eigenvalue weighted by atomic mass is 9.97. The van der Waals surface area contributed by atoms with E-state index in [1.807, 2.05) is 22.7 Å². The highest BCUT2D eigenvalue weighted by atomic mass is 32.1. The quantitative estimate of drug-likeness (QED) is 0.178. The molecule has 2 heterocycles. The second-order valence-corrected chi connectivity index (χ2v) is 14.6. The van der Waals surface area contributed by atoms with Crippen molar-refractivity contribution in [3.05, 3.63) is 176 Å². The molecule has 10 aromatic rings. The van der Waals surface area contributed by atoms with Crippen LogP contribution in [0.15, 0.2) is 176 Å². The summed E-state index contributed by atoms with van der Waals surface area (Å²) in [7, 11) is 0. The molecule has 0 bridgehead atoms. The van der Waals surface area contributed by atoms with Gasteiger partial charge in [-0.2, -0.15) is 0 Å². The molecule has 10 rings (SSSR count). The molecule has 8 aromatic carbocycles. The number of nitrogens with zero attached hydrogens (tertiary/aromatic N) is 1. The van der Waals surface area contributed by atoms with Crippen LogP contribution in [-0.4, -0.2) is 0 Å². The van der Waals surface area contributed by atoms with E-state index in [0.29, 0.717) is 0 Å². The Morgan fingerprint density at radius 2 is 0.918 bits per heavy atom. The van der Waals surface area contributed by atoms with Crippen molar-refractivity contribution in [1.29, 1.82) is 0 Å². The van der Waals surface area contributed by atoms with Gasteiger partial charge in [0.1, 0.15) is 0 Å². The topological polar surface area (TPSA) is 3.24 Å². The van der Waals surface area contributed by atoms with Gasteiger partial charge in [0.25, 0.3) is 0 Å². The molecule has 0 aliphatic carbocycles. The smallest absolute Gasteiger partial charge is 0.0540 e. The second-order valence-electron chi connectivity index (χ2n) is 12.5. The fourth-order valence-corrected chi connectivity index (χ4v) is 9.83. The van der Waals surface area contributed by atoms with Crippen molar-refractivity contribution in [2.24, 2.45) is 0 Å². The van der Waals surface area contributed by atoms with Gasteiger partial charge in [-0.15, -0.1) is 22.7 Å². The molecule has 0 amide bonds. The lowest BCUT2D eigenvalue weighted by molar-refractivity contribution is 1.30. The summed E-state index contributed by atoms with van der Waals surface area (Å²) in [6.07, 6.45) is 0. The largest absolute Gasteiger partial charge is 0.309 e. The van der Waals surface area contributed by atoms with E-state index in [4.69, 9.17) is 0 Å². The predicted molar refractivity (Wildman–Crippen MR) is 215 cm³/mol. The van der Waals surface area contributed by atoms with Gasteiger partial charge in [0.05, 0.1) is 11.4 Å². The van der Waals surface area contributed by atoms with Gasteiger partial charge < -0.3 is 4.90 Å². The summed E-state index contributed by atoms with van der Waals surface area (Å²) in [4.78, 5) is 2.45. The van der Waals surface area contributed by atoms with Gasteiger partial charge in [-0.1, -0.05) is 133 Å². The zero-order chi connectivity index (χ0) is 32.3. The molecule has 0 fully saturated rings. The molecular formula is C46H29NS2. The SMILES string of the molecule is c1ccc(N(c2ccc(-c3cccc4sc5ccccc5c34)cc2)c2cccc3ccccc23)c(-c2cccc3c2sc2ccccc23)c1. The Hall–Kier alpha value is -5.74. The van der Waals surface area contributed by atoms with Gasteiger partial charge in [-0.05, 0) is 59.0 Å². The van der Waals surface area contributed by atoms with Crippen molar-refractivity contribution in [3.63, 3.8) is 0 Å². The van der Waals surface area contributed by atoms with E-state index in [0.717, 1.165) is 17.1 Å². The van der Waals surface area contributed by atoms with Crippen molar-refractivity contribution in [1.82, 2.24) is 0 Å². The molecule has 0 saturated heterocycles. The van der Waals surface area contributed by atoms with Crippen LogP contribution >= 0.6 is 22.7 Å². The molecule has 0 aliphatic heterocycles. The number of benzene rings is 8. The van der Waals surface area contributed by atoms with E-state index in [-0.39, 0.29) is 0 Å². The van der Waals surface area contributed by atoms with E-state index in [9.17, 15) is 0 Å². The van der Waals surface area contributed by atoms with Crippen molar-refractivity contribution in [3.8, 4) is 22.3 Å². The molecule has 0 saturated carbocycles. The molecule has 0 aliphatic rings. The summed E-state index contributed by atoms with van der Waals surface area (Å²) in [5.41, 5.74) is 8.40. The highest BCUT2D eigenvalue weighted by Crippen LogP contribution is 2.47. The monoisotopic (exact) mass is 659 g/mol. The number of anilines is 3. The molecule has 2 aromatic heterocycles. The standard InChI is InChI=1S/C46H29NS2/c1-2-14-33-30(12-1)13-9-22-40(33)47(32-28-26-31(27-29-32)34-18-11-25-44-45(34)39-17-5-8-24-43(39)48-44)41-21-6-3-15-35(41)37-19-10-20-38-36-16-4-7-23-42(36)49-46(37)38/h1-29H. The predicted octanol–water partition coefficient (Wildman–Crippen LogP) is 14.4. The van der Waals surface area contributed by atoms with Crippen LogP contribution in [0.4, 0.5) is 17.1 Å². The Bertz CT molecular complexity index is 2830. The Morgan fingerprint density at radius 3 is 1.80 bits per heavy atom. The summed E-state index contributed by atoms with van der Waals surface area (Å²) in [6.45, 7) is 0. The number of thiophene rings is 2. The van der Waals surface area contributed by atoms with Crippen LogP contribution in [0.1, 0.15) is 0 Å². The molecule has 0 unspecified atom stereocenters. The van der Waals surface area contributed by atoms with Crippen molar-refractivity contribution < 1.29 is 0 Å². The van der Waals surface area contributed by atoms with Crippen LogP contribution in [0.25, 0.3) is 73.4 Å². The van der Waals surface area contributed by atoms with Gasteiger partial charge in [-0.25, -0.2) is 0 Å². The molecular weight excluding hydrogens is 631 g/mol. The first-order valence-corrected chi connectivity index (χ1v) is 18.2. The highest BCUT2D eigenvalue weighted by molar-refractivity contribution is 7.26. The molecule has 0 spiro atoms. The minimum atomic E-state index is 1.12. The van der Waals surface area contributed by atoms with Crippen molar-refractivity contribution >= 4 is 90.9 Å². The molecule has 0 atom stereocenters. The molecule has 0 radical (unpaired) electrons. The lowest BCUT2D eigenvalue weighted by Gasteiger charge is -2.29. The summed E-state index contributed by atoms with van der Waals surface area (Å²) in [5, 5.41) is 7.73. The molecule has 49 heavy (non-hydrogen) atoms. The normalized spacial score (nSPS) is 11.7. The van der Waals surface area contributed by atoms with Crippen molar-refractivity contribution in [2.75, 3.05) is 4.90 Å². The molecule has 3 heteroatoms. The number of fused-ring (bicyclic) bond motifs is 7. The molecule has 230 valence electrons. The minimum Gasteiger partial charge on any atom is -0.309 e.